The first kappa shape index (κ1) is 16.3. The fourth-order valence-electron chi connectivity index (χ4n) is 3.73. The van der Waals surface area contributed by atoms with Gasteiger partial charge in [0.05, 0.1) is 0 Å². The molecule has 0 aromatic carbocycles. The second-order valence-electron chi connectivity index (χ2n) is 7.57. The Morgan fingerprint density at radius 1 is 1.14 bits per heavy atom. The van der Waals surface area contributed by atoms with Gasteiger partial charge in [0.25, 0.3) is 0 Å². The topological polar surface area (TPSA) is 49.4 Å². The minimum Gasteiger partial charge on any atom is -0.342 e. The van der Waals surface area contributed by atoms with Crippen LogP contribution in [0, 0.1) is 5.92 Å². The van der Waals surface area contributed by atoms with Crippen LogP contribution in [0.4, 0.5) is 0 Å². The van der Waals surface area contributed by atoms with E-state index in [9.17, 15) is 9.59 Å². The molecule has 1 saturated heterocycles. The molecule has 120 valence electrons. The van der Waals surface area contributed by atoms with Crippen molar-refractivity contribution >= 4 is 11.8 Å². The summed E-state index contributed by atoms with van der Waals surface area (Å²) in [6.45, 7) is 7.96. The first-order valence-corrected chi connectivity index (χ1v) is 8.48. The fourth-order valence-corrected chi connectivity index (χ4v) is 3.73. The highest BCUT2D eigenvalue weighted by molar-refractivity contribution is 5.99. The monoisotopic (exact) mass is 294 g/mol. The Bertz CT molecular complexity index is 396. The van der Waals surface area contributed by atoms with Crippen LogP contribution in [0.5, 0.6) is 0 Å². The predicted molar refractivity (Wildman–Crippen MR) is 83.8 cm³/mol. The Balaban J connectivity index is 2.24. The van der Waals surface area contributed by atoms with Crippen molar-refractivity contribution in [3.8, 4) is 0 Å². The number of carbonyl (C=O) groups is 2. The Labute approximate surface area is 128 Å². The molecule has 0 spiro atoms. The van der Waals surface area contributed by atoms with E-state index in [1.807, 2.05) is 18.7 Å². The van der Waals surface area contributed by atoms with Crippen LogP contribution in [-0.2, 0) is 9.59 Å². The van der Waals surface area contributed by atoms with Gasteiger partial charge in [0, 0.05) is 6.04 Å². The van der Waals surface area contributed by atoms with Gasteiger partial charge in [0.15, 0.2) is 0 Å². The van der Waals surface area contributed by atoms with Crippen molar-refractivity contribution in [2.75, 3.05) is 0 Å². The maximum Gasteiger partial charge on any atom is 0.246 e. The number of nitrogens with one attached hydrogen (secondary N) is 1. The van der Waals surface area contributed by atoms with Crippen molar-refractivity contribution in [1.82, 2.24) is 10.2 Å². The zero-order valence-electron chi connectivity index (χ0n) is 13.9. The average Bonchev–Trinajstić information content (AvgIpc) is 2.64. The number of rotatable bonds is 3. The van der Waals surface area contributed by atoms with Crippen molar-refractivity contribution in [3.63, 3.8) is 0 Å². The van der Waals surface area contributed by atoms with Crippen LogP contribution in [0.3, 0.4) is 0 Å². The van der Waals surface area contributed by atoms with Gasteiger partial charge in [-0.2, -0.15) is 0 Å². The third-order valence-corrected chi connectivity index (χ3v) is 4.90. The van der Waals surface area contributed by atoms with Gasteiger partial charge in [-0.1, -0.05) is 39.5 Å². The van der Waals surface area contributed by atoms with Crippen molar-refractivity contribution in [1.29, 1.82) is 0 Å². The highest BCUT2D eigenvalue weighted by Crippen LogP contribution is 2.31. The number of hydrogen-bond acceptors (Lipinski definition) is 2. The highest BCUT2D eigenvalue weighted by atomic mass is 16.2. The summed E-state index contributed by atoms with van der Waals surface area (Å²) in [4.78, 5) is 27.4. The predicted octanol–water partition coefficient (Wildman–Crippen LogP) is 2.86. The van der Waals surface area contributed by atoms with E-state index < -0.39 is 5.54 Å². The third-order valence-electron chi connectivity index (χ3n) is 4.90. The van der Waals surface area contributed by atoms with Gasteiger partial charge >= 0.3 is 0 Å². The van der Waals surface area contributed by atoms with Crippen LogP contribution in [0.25, 0.3) is 0 Å². The number of nitrogens with zero attached hydrogens (tertiary/aromatic N) is 1. The molecular formula is C17H30N2O2. The van der Waals surface area contributed by atoms with Crippen molar-refractivity contribution < 1.29 is 9.59 Å². The van der Waals surface area contributed by atoms with Crippen LogP contribution in [0.2, 0.25) is 0 Å². The van der Waals surface area contributed by atoms with Gasteiger partial charge in [-0.05, 0) is 39.0 Å². The Kier molecular flexibility index (Phi) is 4.95. The molecule has 1 saturated carbocycles. The van der Waals surface area contributed by atoms with E-state index in [0.717, 1.165) is 19.3 Å². The smallest absolute Gasteiger partial charge is 0.246 e. The fraction of sp³-hybridized carbons (Fsp3) is 0.882. The van der Waals surface area contributed by atoms with Crippen LogP contribution in [0.1, 0.15) is 72.6 Å². The number of hydrogen-bond donors (Lipinski definition) is 1. The van der Waals surface area contributed by atoms with Crippen molar-refractivity contribution in [2.24, 2.45) is 5.92 Å². The maximum absolute atomic E-state index is 12.9. The molecule has 1 heterocycles. The molecule has 0 aromatic rings. The van der Waals surface area contributed by atoms with Crippen molar-refractivity contribution in [2.45, 2.75) is 90.3 Å². The molecule has 2 rings (SSSR count). The molecule has 21 heavy (non-hydrogen) atoms. The zero-order chi connectivity index (χ0) is 15.6. The molecule has 2 amide bonds. The summed E-state index contributed by atoms with van der Waals surface area (Å²) in [5, 5.41) is 2.94. The molecule has 4 nitrogen and oxygen atoms in total. The standard InChI is InChI=1S/C17H30N2O2/c1-12(2)11-14-15(20)19(17(3,4)16(21)18-14)13-9-7-5-6-8-10-13/h12-14H,5-11H2,1-4H3,(H,18,21). The van der Waals surface area contributed by atoms with E-state index in [1.54, 1.807) is 0 Å². The molecule has 1 aliphatic heterocycles. The van der Waals surface area contributed by atoms with Gasteiger partial charge < -0.3 is 10.2 Å². The molecule has 0 bridgehead atoms. The molecule has 1 aliphatic carbocycles. The molecule has 2 fully saturated rings. The lowest BCUT2D eigenvalue weighted by Gasteiger charge is -2.48. The van der Waals surface area contributed by atoms with E-state index >= 15 is 0 Å². The molecule has 1 N–H and O–H groups in total. The number of amides is 2. The van der Waals surface area contributed by atoms with Gasteiger partial charge in [-0.15, -0.1) is 0 Å². The van der Waals surface area contributed by atoms with E-state index in [-0.39, 0.29) is 23.9 Å². The third kappa shape index (κ3) is 3.41. The van der Waals surface area contributed by atoms with Gasteiger partial charge in [0.1, 0.15) is 11.6 Å². The lowest BCUT2D eigenvalue weighted by Crippen LogP contribution is -2.70. The summed E-state index contributed by atoms with van der Waals surface area (Å²) in [7, 11) is 0. The van der Waals surface area contributed by atoms with Crippen LogP contribution in [-0.4, -0.2) is 34.3 Å². The van der Waals surface area contributed by atoms with E-state index in [2.05, 4.69) is 19.2 Å². The van der Waals surface area contributed by atoms with Gasteiger partial charge in [-0.25, -0.2) is 0 Å². The Morgan fingerprint density at radius 3 is 2.24 bits per heavy atom. The second-order valence-corrected chi connectivity index (χ2v) is 7.57. The second kappa shape index (κ2) is 6.37. The molecular weight excluding hydrogens is 264 g/mol. The molecule has 0 aromatic heterocycles. The summed E-state index contributed by atoms with van der Waals surface area (Å²) in [5.74, 6) is 0.522. The number of piperazine rings is 1. The normalized spacial score (nSPS) is 27.7. The maximum atomic E-state index is 12.9. The summed E-state index contributed by atoms with van der Waals surface area (Å²) in [5.41, 5.74) is -0.723. The summed E-state index contributed by atoms with van der Waals surface area (Å²) >= 11 is 0. The van der Waals surface area contributed by atoms with E-state index in [1.165, 1.54) is 25.7 Å². The minimum atomic E-state index is -0.723. The van der Waals surface area contributed by atoms with E-state index in [0.29, 0.717) is 5.92 Å². The lowest BCUT2D eigenvalue weighted by atomic mass is 9.89. The summed E-state index contributed by atoms with van der Waals surface area (Å²) < 4.78 is 0. The molecule has 1 unspecified atom stereocenters. The molecule has 2 aliphatic rings. The van der Waals surface area contributed by atoms with Gasteiger partial charge in [-0.3, -0.25) is 9.59 Å². The summed E-state index contributed by atoms with van der Waals surface area (Å²) in [6, 6.07) is -0.107. The van der Waals surface area contributed by atoms with E-state index in [4.69, 9.17) is 0 Å². The molecule has 0 radical (unpaired) electrons. The highest BCUT2D eigenvalue weighted by Gasteiger charge is 2.48. The van der Waals surface area contributed by atoms with Gasteiger partial charge in [0.2, 0.25) is 11.8 Å². The Morgan fingerprint density at radius 2 is 1.71 bits per heavy atom. The summed E-state index contributed by atoms with van der Waals surface area (Å²) in [6.07, 6.45) is 7.64. The average molecular weight is 294 g/mol. The lowest BCUT2D eigenvalue weighted by molar-refractivity contribution is -0.159. The number of carbonyl (C=O) groups excluding carboxylic acids is 2. The van der Waals surface area contributed by atoms with Crippen LogP contribution >= 0.6 is 0 Å². The largest absolute Gasteiger partial charge is 0.342 e. The minimum absolute atomic E-state index is 0.00278. The van der Waals surface area contributed by atoms with Crippen LogP contribution < -0.4 is 5.32 Å². The first-order chi connectivity index (χ1) is 9.84. The Hall–Kier alpha value is -1.06. The zero-order valence-corrected chi connectivity index (χ0v) is 13.9. The molecule has 4 heteroatoms. The first-order valence-electron chi connectivity index (χ1n) is 8.48. The van der Waals surface area contributed by atoms with Crippen molar-refractivity contribution in [3.05, 3.63) is 0 Å². The molecule has 1 atom stereocenters. The SMILES string of the molecule is CC(C)CC1NC(=O)C(C)(C)N(C2CCCCCC2)C1=O. The quantitative estimate of drug-likeness (QED) is 0.814. The van der Waals surface area contributed by atoms with Crippen LogP contribution in [0.15, 0.2) is 0 Å².